The van der Waals surface area contributed by atoms with Crippen molar-refractivity contribution < 1.29 is 9.59 Å². The van der Waals surface area contributed by atoms with E-state index in [1.165, 1.54) is 16.7 Å². The molecule has 2 rings (SSSR count). The van der Waals surface area contributed by atoms with Crippen LogP contribution in [-0.4, -0.2) is 42.5 Å². The predicted molar refractivity (Wildman–Crippen MR) is 86.8 cm³/mol. The molecule has 1 fully saturated rings. The molecule has 22 heavy (non-hydrogen) atoms. The van der Waals surface area contributed by atoms with Crippen LogP contribution in [-0.2, 0) is 11.2 Å². The maximum Gasteiger partial charge on any atom is 0.317 e. The van der Waals surface area contributed by atoms with Gasteiger partial charge in [0.2, 0.25) is 5.91 Å². The highest BCUT2D eigenvalue weighted by atomic mass is 16.2. The first-order chi connectivity index (χ1) is 10.4. The zero-order chi connectivity index (χ0) is 16.1. The monoisotopic (exact) mass is 303 g/mol. The van der Waals surface area contributed by atoms with E-state index in [1.807, 2.05) is 6.92 Å². The minimum Gasteiger partial charge on any atom is -0.354 e. The van der Waals surface area contributed by atoms with Gasteiger partial charge in [0.05, 0.1) is 0 Å². The van der Waals surface area contributed by atoms with Crippen molar-refractivity contribution in [2.75, 3.05) is 19.6 Å². The number of nitrogens with zero attached hydrogens (tertiary/aromatic N) is 1. The van der Waals surface area contributed by atoms with Crippen molar-refractivity contribution in [1.29, 1.82) is 0 Å². The maximum absolute atomic E-state index is 12.3. The Hall–Kier alpha value is -2.04. The quantitative estimate of drug-likeness (QED) is 0.894. The smallest absolute Gasteiger partial charge is 0.317 e. The van der Waals surface area contributed by atoms with Crippen LogP contribution in [0.5, 0.6) is 0 Å². The average Bonchev–Trinajstić information content (AvgIpc) is 2.62. The number of carbonyl (C=O) groups excluding carboxylic acids is 2. The van der Waals surface area contributed by atoms with Crippen LogP contribution in [0, 0.1) is 13.8 Å². The Morgan fingerprint density at radius 3 is 2.64 bits per heavy atom. The summed E-state index contributed by atoms with van der Waals surface area (Å²) in [6.45, 7) is 7.75. The summed E-state index contributed by atoms with van der Waals surface area (Å²) in [4.78, 5) is 25.3. The summed E-state index contributed by atoms with van der Waals surface area (Å²) >= 11 is 0. The third-order valence-electron chi connectivity index (χ3n) is 3.79. The summed E-state index contributed by atoms with van der Waals surface area (Å²) in [6.07, 6.45) is 1.18. The zero-order valence-corrected chi connectivity index (χ0v) is 13.6. The van der Waals surface area contributed by atoms with Gasteiger partial charge in [-0.2, -0.15) is 0 Å². The largest absolute Gasteiger partial charge is 0.354 e. The highest BCUT2D eigenvalue weighted by molar-refractivity contribution is 5.79. The Morgan fingerprint density at radius 1 is 1.27 bits per heavy atom. The first-order valence-corrected chi connectivity index (χ1v) is 7.83. The summed E-state index contributed by atoms with van der Waals surface area (Å²) in [5.74, 6) is 0.0126. The highest BCUT2D eigenvalue weighted by Crippen LogP contribution is 2.11. The topological polar surface area (TPSA) is 61.4 Å². The molecule has 1 aliphatic heterocycles. The van der Waals surface area contributed by atoms with Crippen LogP contribution in [0.25, 0.3) is 0 Å². The van der Waals surface area contributed by atoms with Gasteiger partial charge in [0.25, 0.3) is 0 Å². The van der Waals surface area contributed by atoms with Crippen LogP contribution in [0.3, 0.4) is 0 Å². The molecule has 1 aliphatic rings. The predicted octanol–water partition coefficient (Wildman–Crippen LogP) is 1.77. The van der Waals surface area contributed by atoms with Crippen LogP contribution in [0.2, 0.25) is 0 Å². The number of hydrogen-bond acceptors (Lipinski definition) is 2. The van der Waals surface area contributed by atoms with Gasteiger partial charge in [-0.15, -0.1) is 0 Å². The molecule has 1 atom stereocenters. The molecule has 1 heterocycles. The molecular weight excluding hydrogens is 278 g/mol. The second kappa shape index (κ2) is 7.29. The molecule has 0 radical (unpaired) electrons. The SMILES string of the molecule is Cc1cc(C)cc(CC(C)NC(=O)N2CCNC(=O)CC2)c1. The summed E-state index contributed by atoms with van der Waals surface area (Å²) in [5.41, 5.74) is 3.72. The van der Waals surface area contributed by atoms with Gasteiger partial charge in [-0.3, -0.25) is 4.79 Å². The number of carbonyl (C=O) groups is 2. The van der Waals surface area contributed by atoms with E-state index in [0.29, 0.717) is 26.1 Å². The first-order valence-electron chi connectivity index (χ1n) is 7.83. The van der Waals surface area contributed by atoms with Gasteiger partial charge in [0.1, 0.15) is 0 Å². The fourth-order valence-electron chi connectivity index (χ4n) is 2.86. The Kier molecular flexibility index (Phi) is 5.41. The van der Waals surface area contributed by atoms with Crippen LogP contribution in [0.4, 0.5) is 4.79 Å². The van der Waals surface area contributed by atoms with E-state index >= 15 is 0 Å². The second-order valence-corrected chi connectivity index (χ2v) is 6.14. The molecule has 5 heteroatoms. The van der Waals surface area contributed by atoms with Crippen molar-refractivity contribution >= 4 is 11.9 Å². The van der Waals surface area contributed by atoms with Crippen molar-refractivity contribution in [3.63, 3.8) is 0 Å². The van der Waals surface area contributed by atoms with E-state index in [9.17, 15) is 9.59 Å². The van der Waals surface area contributed by atoms with Gasteiger partial charge in [-0.1, -0.05) is 29.3 Å². The number of amides is 3. The van der Waals surface area contributed by atoms with E-state index in [1.54, 1.807) is 4.90 Å². The van der Waals surface area contributed by atoms with Gasteiger partial charge in [-0.05, 0) is 32.8 Å². The molecule has 120 valence electrons. The number of urea groups is 1. The normalized spacial score (nSPS) is 16.7. The number of rotatable bonds is 3. The van der Waals surface area contributed by atoms with E-state index in [2.05, 4.69) is 42.7 Å². The lowest BCUT2D eigenvalue weighted by Crippen LogP contribution is -2.45. The molecule has 0 bridgehead atoms. The molecule has 2 N–H and O–H groups in total. The van der Waals surface area contributed by atoms with Gasteiger partial charge in [-0.25, -0.2) is 4.79 Å². The minimum absolute atomic E-state index is 0.0126. The Balaban J connectivity index is 1.89. The fraction of sp³-hybridized carbons (Fsp3) is 0.529. The average molecular weight is 303 g/mol. The van der Waals surface area contributed by atoms with Crippen LogP contribution in [0.15, 0.2) is 18.2 Å². The number of nitrogens with one attached hydrogen (secondary N) is 2. The van der Waals surface area contributed by atoms with Crippen molar-refractivity contribution in [1.82, 2.24) is 15.5 Å². The van der Waals surface area contributed by atoms with E-state index in [0.717, 1.165) is 6.42 Å². The fourth-order valence-corrected chi connectivity index (χ4v) is 2.86. The molecule has 0 spiro atoms. The minimum atomic E-state index is -0.0895. The van der Waals surface area contributed by atoms with Crippen molar-refractivity contribution in [2.24, 2.45) is 0 Å². The number of benzene rings is 1. The van der Waals surface area contributed by atoms with Crippen molar-refractivity contribution in [2.45, 2.75) is 39.7 Å². The van der Waals surface area contributed by atoms with Gasteiger partial charge >= 0.3 is 6.03 Å². The molecule has 0 aromatic heterocycles. The standard InChI is InChI=1S/C17H25N3O2/c1-12-8-13(2)10-15(9-12)11-14(3)19-17(22)20-6-4-16(21)18-5-7-20/h8-10,14H,4-7,11H2,1-3H3,(H,18,21)(H,19,22). The van der Waals surface area contributed by atoms with Crippen LogP contribution >= 0.6 is 0 Å². The third-order valence-corrected chi connectivity index (χ3v) is 3.79. The van der Waals surface area contributed by atoms with Crippen molar-refractivity contribution in [3.05, 3.63) is 34.9 Å². The second-order valence-electron chi connectivity index (χ2n) is 6.14. The van der Waals surface area contributed by atoms with E-state index < -0.39 is 0 Å². The summed E-state index contributed by atoms with van der Waals surface area (Å²) in [5, 5.41) is 5.80. The van der Waals surface area contributed by atoms with Gasteiger partial charge in [0, 0.05) is 32.1 Å². The van der Waals surface area contributed by atoms with E-state index in [4.69, 9.17) is 0 Å². The molecule has 1 aromatic carbocycles. The Labute approximate surface area is 132 Å². The molecule has 0 aliphatic carbocycles. The molecule has 1 saturated heterocycles. The molecule has 0 saturated carbocycles. The van der Waals surface area contributed by atoms with Crippen LogP contribution in [0.1, 0.15) is 30.0 Å². The lowest BCUT2D eigenvalue weighted by atomic mass is 10.0. The Bertz CT molecular complexity index is 537. The Morgan fingerprint density at radius 2 is 1.95 bits per heavy atom. The lowest BCUT2D eigenvalue weighted by molar-refractivity contribution is -0.120. The summed E-state index contributed by atoms with van der Waals surface area (Å²) in [6, 6.07) is 6.43. The number of hydrogen-bond donors (Lipinski definition) is 2. The third kappa shape index (κ3) is 4.76. The van der Waals surface area contributed by atoms with Crippen molar-refractivity contribution in [3.8, 4) is 0 Å². The molecule has 5 nitrogen and oxygen atoms in total. The molecular formula is C17H25N3O2. The van der Waals surface area contributed by atoms with E-state index in [-0.39, 0.29) is 18.0 Å². The summed E-state index contributed by atoms with van der Waals surface area (Å²) < 4.78 is 0. The first kappa shape index (κ1) is 16.3. The lowest BCUT2D eigenvalue weighted by Gasteiger charge is -2.23. The molecule has 3 amide bonds. The molecule has 1 aromatic rings. The maximum atomic E-state index is 12.3. The zero-order valence-electron chi connectivity index (χ0n) is 13.6. The summed E-state index contributed by atoms with van der Waals surface area (Å²) in [7, 11) is 0. The number of aryl methyl sites for hydroxylation is 2. The molecule has 1 unspecified atom stereocenters. The van der Waals surface area contributed by atoms with Gasteiger partial charge in [0.15, 0.2) is 0 Å². The van der Waals surface area contributed by atoms with Gasteiger partial charge < -0.3 is 15.5 Å². The highest BCUT2D eigenvalue weighted by Gasteiger charge is 2.19. The van der Waals surface area contributed by atoms with Crippen LogP contribution < -0.4 is 10.6 Å².